The molecule has 0 aliphatic heterocycles. The van der Waals surface area contributed by atoms with Crippen molar-refractivity contribution in [2.45, 2.75) is 31.7 Å². The monoisotopic (exact) mass is 285 g/mol. The summed E-state index contributed by atoms with van der Waals surface area (Å²) in [6, 6.07) is -0.426. The summed E-state index contributed by atoms with van der Waals surface area (Å²) in [5, 5.41) is 8.96. The summed E-state index contributed by atoms with van der Waals surface area (Å²) in [6.07, 6.45) is 3.67. The zero-order valence-electron chi connectivity index (χ0n) is 12.3. The first-order chi connectivity index (χ1) is 9.32. The molecule has 1 rings (SSSR count). The second-order valence-corrected chi connectivity index (χ2v) is 5.39. The van der Waals surface area contributed by atoms with E-state index in [1.54, 1.807) is 14.1 Å². The van der Waals surface area contributed by atoms with E-state index in [4.69, 9.17) is 5.11 Å². The van der Waals surface area contributed by atoms with Crippen LogP contribution in [0.1, 0.15) is 25.7 Å². The Labute approximate surface area is 119 Å². The third-order valence-electron chi connectivity index (χ3n) is 3.51. The van der Waals surface area contributed by atoms with E-state index in [1.807, 2.05) is 0 Å². The molecule has 0 atom stereocenters. The van der Waals surface area contributed by atoms with Crippen LogP contribution in [0.4, 0.5) is 4.79 Å². The number of amides is 3. The van der Waals surface area contributed by atoms with Crippen LogP contribution in [0.15, 0.2) is 0 Å². The average molecular weight is 285 g/mol. The molecular formula is C13H23N3O4. The van der Waals surface area contributed by atoms with Crippen molar-refractivity contribution in [2.75, 3.05) is 34.2 Å². The number of carboxylic acids is 1. The Morgan fingerprint density at radius 3 is 2.05 bits per heavy atom. The molecule has 1 aliphatic carbocycles. The third kappa shape index (κ3) is 4.40. The Hall–Kier alpha value is -1.79. The van der Waals surface area contributed by atoms with E-state index in [-0.39, 0.29) is 25.0 Å². The molecule has 1 fully saturated rings. The zero-order chi connectivity index (χ0) is 15.3. The molecule has 1 aliphatic rings. The van der Waals surface area contributed by atoms with Gasteiger partial charge in [-0.15, -0.1) is 0 Å². The molecule has 1 N–H and O–H groups in total. The molecule has 0 radical (unpaired) electrons. The first-order valence-corrected chi connectivity index (χ1v) is 6.76. The van der Waals surface area contributed by atoms with Crippen LogP contribution >= 0.6 is 0 Å². The van der Waals surface area contributed by atoms with E-state index in [1.165, 1.54) is 21.7 Å². The van der Waals surface area contributed by atoms with Crippen LogP contribution in [0, 0.1) is 0 Å². The zero-order valence-corrected chi connectivity index (χ0v) is 12.3. The standard InChI is InChI=1S/C13H23N3O4/c1-14(2)11(17)8-15(3)13(20)16(9-12(18)19)10-6-4-5-7-10/h10H,4-9H2,1-3H3,(H,18,19). The summed E-state index contributed by atoms with van der Waals surface area (Å²) in [4.78, 5) is 39.0. The number of rotatable bonds is 5. The second kappa shape index (κ2) is 7.12. The van der Waals surface area contributed by atoms with Gasteiger partial charge in [-0.05, 0) is 12.8 Å². The average Bonchev–Trinajstić information content (AvgIpc) is 2.88. The quantitative estimate of drug-likeness (QED) is 0.795. The van der Waals surface area contributed by atoms with Gasteiger partial charge in [0.2, 0.25) is 5.91 Å². The lowest BCUT2D eigenvalue weighted by molar-refractivity contribution is -0.138. The molecule has 0 heterocycles. The van der Waals surface area contributed by atoms with E-state index in [2.05, 4.69) is 0 Å². The van der Waals surface area contributed by atoms with E-state index in [9.17, 15) is 14.4 Å². The number of carbonyl (C=O) groups is 3. The van der Waals surface area contributed by atoms with Crippen molar-refractivity contribution in [2.24, 2.45) is 0 Å². The molecule has 3 amide bonds. The minimum Gasteiger partial charge on any atom is -0.480 e. The van der Waals surface area contributed by atoms with E-state index < -0.39 is 12.0 Å². The fourth-order valence-corrected chi connectivity index (χ4v) is 2.35. The predicted octanol–water partition coefficient (Wildman–Crippen LogP) is 0.456. The van der Waals surface area contributed by atoms with Gasteiger partial charge in [-0.25, -0.2) is 4.79 Å². The molecule has 1 saturated carbocycles. The molecule has 0 unspecified atom stereocenters. The highest BCUT2D eigenvalue weighted by atomic mass is 16.4. The van der Waals surface area contributed by atoms with Gasteiger partial charge in [-0.2, -0.15) is 0 Å². The summed E-state index contributed by atoms with van der Waals surface area (Å²) >= 11 is 0. The summed E-state index contributed by atoms with van der Waals surface area (Å²) in [7, 11) is 4.76. The molecule has 114 valence electrons. The molecule has 0 spiro atoms. The molecule has 0 bridgehead atoms. The second-order valence-electron chi connectivity index (χ2n) is 5.39. The van der Waals surface area contributed by atoms with Gasteiger partial charge in [0.05, 0.1) is 0 Å². The number of urea groups is 1. The van der Waals surface area contributed by atoms with Gasteiger partial charge in [-0.3, -0.25) is 9.59 Å². The largest absolute Gasteiger partial charge is 0.480 e. The van der Waals surface area contributed by atoms with Gasteiger partial charge < -0.3 is 19.8 Å². The smallest absolute Gasteiger partial charge is 0.323 e. The topological polar surface area (TPSA) is 81.2 Å². The van der Waals surface area contributed by atoms with Crippen molar-refractivity contribution in [1.29, 1.82) is 0 Å². The minimum absolute atomic E-state index is 0.0319. The molecule has 0 aromatic rings. The lowest BCUT2D eigenvalue weighted by atomic mass is 10.2. The van der Waals surface area contributed by atoms with Gasteiger partial charge >= 0.3 is 12.0 Å². The van der Waals surface area contributed by atoms with Crippen LogP contribution in [0.5, 0.6) is 0 Å². The summed E-state index contributed by atoms with van der Waals surface area (Å²) in [6.45, 7) is -0.362. The maximum atomic E-state index is 12.3. The SMILES string of the molecule is CN(C)C(=O)CN(C)C(=O)N(CC(=O)O)C1CCCC1. The lowest BCUT2D eigenvalue weighted by Crippen LogP contribution is -2.50. The van der Waals surface area contributed by atoms with Crippen LogP contribution in [0.3, 0.4) is 0 Å². The van der Waals surface area contributed by atoms with Crippen molar-refractivity contribution in [1.82, 2.24) is 14.7 Å². The third-order valence-corrected chi connectivity index (χ3v) is 3.51. The van der Waals surface area contributed by atoms with E-state index in [0.29, 0.717) is 0 Å². The fraction of sp³-hybridized carbons (Fsp3) is 0.769. The predicted molar refractivity (Wildman–Crippen MR) is 73.3 cm³/mol. The molecule has 20 heavy (non-hydrogen) atoms. The Balaban J connectivity index is 2.71. The molecule has 0 aromatic heterocycles. The highest BCUT2D eigenvalue weighted by Gasteiger charge is 2.30. The number of likely N-dealkylation sites (N-methyl/N-ethyl adjacent to an activating group) is 2. The van der Waals surface area contributed by atoms with Crippen molar-refractivity contribution in [3.8, 4) is 0 Å². The number of carboxylic acid groups (broad SMARTS) is 1. The Morgan fingerprint density at radius 1 is 1.05 bits per heavy atom. The molecule has 7 nitrogen and oxygen atoms in total. The number of nitrogens with zero attached hydrogens (tertiary/aromatic N) is 3. The Bertz CT molecular complexity index is 378. The first kappa shape index (κ1) is 16.3. The van der Waals surface area contributed by atoms with Crippen LogP contribution in [0.25, 0.3) is 0 Å². The van der Waals surface area contributed by atoms with E-state index >= 15 is 0 Å². The summed E-state index contributed by atoms with van der Waals surface area (Å²) < 4.78 is 0. The van der Waals surface area contributed by atoms with Gasteiger partial charge in [0.15, 0.2) is 0 Å². The first-order valence-electron chi connectivity index (χ1n) is 6.76. The maximum Gasteiger partial charge on any atom is 0.323 e. The maximum absolute atomic E-state index is 12.3. The number of aliphatic carboxylic acids is 1. The van der Waals surface area contributed by atoms with Crippen LogP contribution in [0.2, 0.25) is 0 Å². The van der Waals surface area contributed by atoms with Gasteiger partial charge in [0, 0.05) is 27.2 Å². The number of hydrogen-bond acceptors (Lipinski definition) is 3. The van der Waals surface area contributed by atoms with Crippen LogP contribution in [-0.4, -0.2) is 78.0 Å². The molecule has 7 heteroatoms. The summed E-state index contributed by atoms with van der Waals surface area (Å²) in [5.41, 5.74) is 0. The number of carbonyl (C=O) groups excluding carboxylic acids is 2. The van der Waals surface area contributed by atoms with Crippen molar-refractivity contribution >= 4 is 17.9 Å². The molecule has 0 saturated heterocycles. The Morgan fingerprint density at radius 2 is 1.60 bits per heavy atom. The van der Waals surface area contributed by atoms with Crippen LogP contribution in [-0.2, 0) is 9.59 Å². The lowest BCUT2D eigenvalue weighted by Gasteiger charge is -2.31. The fourth-order valence-electron chi connectivity index (χ4n) is 2.35. The van der Waals surface area contributed by atoms with Gasteiger partial charge in [-0.1, -0.05) is 12.8 Å². The van der Waals surface area contributed by atoms with Crippen LogP contribution < -0.4 is 0 Å². The highest BCUT2D eigenvalue weighted by Crippen LogP contribution is 2.24. The van der Waals surface area contributed by atoms with Crippen molar-refractivity contribution in [3.63, 3.8) is 0 Å². The normalized spacial score (nSPS) is 14.9. The minimum atomic E-state index is -1.03. The van der Waals surface area contributed by atoms with Gasteiger partial charge in [0.1, 0.15) is 13.1 Å². The molecule has 0 aromatic carbocycles. The Kier molecular flexibility index (Phi) is 5.79. The van der Waals surface area contributed by atoms with E-state index in [0.717, 1.165) is 25.7 Å². The highest BCUT2D eigenvalue weighted by molar-refractivity contribution is 5.85. The van der Waals surface area contributed by atoms with Gasteiger partial charge in [0.25, 0.3) is 0 Å². The van der Waals surface area contributed by atoms with Crippen molar-refractivity contribution < 1.29 is 19.5 Å². The number of hydrogen-bond donors (Lipinski definition) is 1. The molecular weight excluding hydrogens is 262 g/mol. The van der Waals surface area contributed by atoms with Crippen molar-refractivity contribution in [3.05, 3.63) is 0 Å². The summed E-state index contributed by atoms with van der Waals surface area (Å²) in [5.74, 6) is -1.22.